The zero-order chi connectivity index (χ0) is 16.4. The molecule has 3 nitrogen and oxygen atoms in total. The predicted molar refractivity (Wildman–Crippen MR) is 95.1 cm³/mol. The molecule has 2 aliphatic heterocycles. The van der Waals surface area contributed by atoms with Crippen LogP contribution in [0.25, 0.3) is 6.08 Å². The van der Waals surface area contributed by atoms with Crippen molar-refractivity contribution in [3.63, 3.8) is 0 Å². The number of carbonyl (C=O) groups is 1. The number of fused-ring (bicyclic) bond motifs is 1. The van der Waals surface area contributed by atoms with E-state index in [0.29, 0.717) is 5.92 Å². The van der Waals surface area contributed by atoms with Gasteiger partial charge in [0.1, 0.15) is 5.75 Å². The molecule has 2 aromatic rings. The first-order valence-corrected chi connectivity index (χ1v) is 8.57. The number of benzene rings is 2. The molecule has 0 spiro atoms. The number of likely N-dealkylation sites (tertiary alicyclic amines) is 1. The Kier molecular flexibility index (Phi) is 4.08. The number of amides is 1. The second-order valence-corrected chi connectivity index (χ2v) is 6.48. The van der Waals surface area contributed by atoms with Crippen molar-refractivity contribution in [3.05, 3.63) is 71.3 Å². The summed E-state index contributed by atoms with van der Waals surface area (Å²) in [5.41, 5.74) is 3.70. The fourth-order valence-corrected chi connectivity index (χ4v) is 3.53. The monoisotopic (exact) mass is 319 g/mol. The molecule has 1 amide bonds. The van der Waals surface area contributed by atoms with Crippen molar-refractivity contribution in [2.45, 2.75) is 18.8 Å². The summed E-state index contributed by atoms with van der Waals surface area (Å²) < 4.78 is 5.58. The van der Waals surface area contributed by atoms with Crippen LogP contribution in [0.4, 0.5) is 0 Å². The summed E-state index contributed by atoms with van der Waals surface area (Å²) >= 11 is 0. The standard InChI is InChI=1S/C21H21NO2/c23-21(9-6-16-4-2-1-3-5-16)22-12-10-19(15-22)17-7-8-20-18(14-17)11-13-24-20/h1-9,14,19H,10-13,15H2/b9-6+. The van der Waals surface area contributed by atoms with E-state index in [-0.39, 0.29) is 5.91 Å². The lowest BCUT2D eigenvalue weighted by Gasteiger charge is -2.15. The summed E-state index contributed by atoms with van der Waals surface area (Å²) in [5, 5.41) is 0. The normalized spacial score (nSPS) is 19.5. The first kappa shape index (κ1) is 15.0. The molecule has 0 bridgehead atoms. The van der Waals surface area contributed by atoms with E-state index in [4.69, 9.17) is 4.74 Å². The van der Waals surface area contributed by atoms with Gasteiger partial charge in [-0.25, -0.2) is 0 Å². The summed E-state index contributed by atoms with van der Waals surface area (Å²) in [6.07, 6.45) is 5.61. The lowest BCUT2D eigenvalue weighted by molar-refractivity contribution is -0.124. The van der Waals surface area contributed by atoms with Gasteiger partial charge in [-0.1, -0.05) is 42.5 Å². The van der Waals surface area contributed by atoms with Crippen LogP contribution >= 0.6 is 0 Å². The Morgan fingerprint density at radius 3 is 2.92 bits per heavy atom. The van der Waals surface area contributed by atoms with Crippen molar-refractivity contribution in [2.75, 3.05) is 19.7 Å². The van der Waals surface area contributed by atoms with Crippen LogP contribution in [0.3, 0.4) is 0 Å². The van der Waals surface area contributed by atoms with Crippen LogP contribution in [0.2, 0.25) is 0 Å². The quantitative estimate of drug-likeness (QED) is 0.808. The van der Waals surface area contributed by atoms with Gasteiger partial charge in [0.2, 0.25) is 5.91 Å². The van der Waals surface area contributed by atoms with Gasteiger partial charge in [-0.2, -0.15) is 0 Å². The van der Waals surface area contributed by atoms with Crippen molar-refractivity contribution < 1.29 is 9.53 Å². The molecule has 2 heterocycles. The second-order valence-electron chi connectivity index (χ2n) is 6.48. The third-order valence-electron chi connectivity index (χ3n) is 4.90. The van der Waals surface area contributed by atoms with Crippen LogP contribution in [0, 0.1) is 0 Å². The molecule has 2 aromatic carbocycles. The Morgan fingerprint density at radius 1 is 1.17 bits per heavy atom. The molecule has 1 saturated heterocycles. The SMILES string of the molecule is O=C(/C=C/c1ccccc1)N1CCC(c2ccc3c(c2)CCO3)C1. The molecule has 1 unspecified atom stereocenters. The number of hydrogen-bond acceptors (Lipinski definition) is 2. The molecule has 122 valence electrons. The Hall–Kier alpha value is -2.55. The Morgan fingerprint density at radius 2 is 2.04 bits per heavy atom. The van der Waals surface area contributed by atoms with Crippen molar-refractivity contribution in [2.24, 2.45) is 0 Å². The van der Waals surface area contributed by atoms with Gasteiger partial charge < -0.3 is 9.64 Å². The summed E-state index contributed by atoms with van der Waals surface area (Å²) in [6.45, 7) is 2.42. The molecule has 1 fully saturated rings. The number of carbonyl (C=O) groups excluding carboxylic acids is 1. The summed E-state index contributed by atoms with van der Waals surface area (Å²) in [4.78, 5) is 14.4. The zero-order valence-electron chi connectivity index (χ0n) is 13.7. The molecule has 0 radical (unpaired) electrons. The highest BCUT2D eigenvalue weighted by molar-refractivity contribution is 5.92. The van der Waals surface area contributed by atoms with Crippen LogP contribution in [-0.2, 0) is 11.2 Å². The Balaban J connectivity index is 1.41. The lowest BCUT2D eigenvalue weighted by Crippen LogP contribution is -2.26. The zero-order valence-corrected chi connectivity index (χ0v) is 13.7. The molecular weight excluding hydrogens is 298 g/mol. The molecule has 0 N–H and O–H groups in total. The van der Waals surface area contributed by atoms with Gasteiger partial charge in [0.25, 0.3) is 0 Å². The van der Waals surface area contributed by atoms with Crippen LogP contribution in [0.5, 0.6) is 5.75 Å². The first-order valence-electron chi connectivity index (χ1n) is 8.57. The maximum atomic E-state index is 12.4. The van der Waals surface area contributed by atoms with E-state index in [0.717, 1.165) is 43.9 Å². The highest BCUT2D eigenvalue weighted by atomic mass is 16.5. The largest absolute Gasteiger partial charge is 0.493 e. The van der Waals surface area contributed by atoms with Gasteiger partial charge in [0.05, 0.1) is 6.61 Å². The molecule has 0 aromatic heterocycles. The van der Waals surface area contributed by atoms with Crippen LogP contribution in [0.1, 0.15) is 29.0 Å². The van der Waals surface area contributed by atoms with E-state index in [1.807, 2.05) is 41.3 Å². The topological polar surface area (TPSA) is 29.5 Å². The molecule has 0 saturated carbocycles. The van der Waals surface area contributed by atoms with E-state index in [1.54, 1.807) is 6.08 Å². The highest BCUT2D eigenvalue weighted by Crippen LogP contribution is 2.33. The molecule has 1 atom stereocenters. The Labute approximate surface area is 142 Å². The smallest absolute Gasteiger partial charge is 0.246 e. The minimum absolute atomic E-state index is 0.103. The first-order chi connectivity index (χ1) is 11.8. The van der Waals surface area contributed by atoms with E-state index in [2.05, 4.69) is 18.2 Å². The fraction of sp³-hybridized carbons (Fsp3) is 0.286. The number of nitrogens with zero attached hydrogens (tertiary/aromatic N) is 1. The van der Waals surface area contributed by atoms with Gasteiger partial charge in [-0.3, -0.25) is 4.79 Å². The minimum Gasteiger partial charge on any atom is -0.493 e. The Bertz CT molecular complexity index is 767. The van der Waals surface area contributed by atoms with Crippen LogP contribution < -0.4 is 4.74 Å². The molecular formula is C21H21NO2. The number of rotatable bonds is 3. The fourth-order valence-electron chi connectivity index (χ4n) is 3.53. The van der Waals surface area contributed by atoms with Crippen LogP contribution in [-0.4, -0.2) is 30.5 Å². The van der Waals surface area contributed by atoms with Crippen LogP contribution in [0.15, 0.2) is 54.6 Å². The third kappa shape index (κ3) is 3.07. The van der Waals surface area contributed by atoms with Gasteiger partial charge >= 0.3 is 0 Å². The predicted octanol–water partition coefficient (Wildman–Crippen LogP) is 3.65. The summed E-state index contributed by atoms with van der Waals surface area (Å²) in [6, 6.07) is 16.4. The van der Waals surface area contributed by atoms with Crippen molar-refractivity contribution in [1.29, 1.82) is 0 Å². The molecule has 3 heteroatoms. The summed E-state index contributed by atoms with van der Waals surface area (Å²) in [5.74, 6) is 1.56. The molecule has 2 aliphatic rings. The number of ether oxygens (including phenoxy) is 1. The molecule has 4 rings (SSSR count). The average Bonchev–Trinajstić information content (AvgIpc) is 3.29. The van der Waals surface area contributed by atoms with E-state index in [1.165, 1.54) is 11.1 Å². The minimum atomic E-state index is 0.103. The maximum absolute atomic E-state index is 12.4. The van der Waals surface area contributed by atoms with Gasteiger partial charge in [0.15, 0.2) is 0 Å². The van der Waals surface area contributed by atoms with Crippen molar-refractivity contribution in [1.82, 2.24) is 4.90 Å². The molecule has 24 heavy (non-hydrogen) atoms. The second kappa shape index (κ2) is 6.52. The lowest BCUT2D eigenvalue weighted by atomic mass is 9.96. The highest BCUT2D eigenvalue weighted by Gasteiger charge is 2.27. The maximum Gasteiger partial charge on any atom is 0.246 e. The van der Waals surface area contributed by atoms with Gasteiger partial charge in [-0.05, 0) is 35.3 Å². The molecule has 0 aliphatic carbocycles. The third-order valence-corrected chi connectivity index (χ3v) is 4.90. The van der Waals surface area contributed by atoms with E-state index >= 15 is 0 Å². The average molecular weight is 319 g/mol. The van der Waals surface area contributed by atoms with Gasteiger partial charge in [-0.15, -0.1) is 0 Å². The summed E-state index contributed by atoms with van der Waals surface area (Å²) in [7, 11) is 0. The van der Waals surface area contributed by atoms with Crippen molar-refractivity contribution >= 4 is 12.0 Å². The number of hydrogen-bond donors (Lipinski definition) is 0. The van der Waals surface area contributed by atoms with Crippen molar-refractivity contribution in [3.8, 4) is 5.75 Å². The van der Waals surface area contributed by atoms with Gasteiger partial charge in [0, 0.05) is 31.5 Å². The van der Waals surface area contributed by atoms with E-state index in [9.17, 15) is 4.79 Å². The van der Waals surface area contributed by atoms with E-state index < -0.39 is 0 Å².